The molecule has 1 aromatic carbocycles. The number of unbranched alkanes of at least 4 members (excludes halogenated alkanes) is 3. The molecule has 1 rings (SSSR count). The topological polar surface area (TPSA) is 97.8 Å². The van der Waals surface area contributed by atoms with E-state index in [0.29, 0.717) is 10.7 Å². The van der Waals surface area contributed by atoms with Gasteiger partial charge >= 0.3 is 0 Å². The fraction of sp³-hybridized carbons (Fsp3) is 0.429. The number of benzene rings is 1. The molecule has 110 valence electrons. The van der Waals surface area contributed by atoms with Gasteiger partial charge in [0.25, 0.3) is 0 Å². The zero-order chi connectivity index (χ0) is 15.0. The molecule has 0 fully saturated rings. The first-order valence-corrected chi connectivity index (χ1v) is 7.16. The monoisotopic (exact) mass is 295 g/mol. The van der Waals surface area contributed by atoms with Crippen molar-refractivity contribution in [3.05, 3.63) is 28.8 Å². The minimum absolute atomic E-state index is 0.0552. The predicted molar refractivity (Wildman–Crippen MR) is 85.7 cm³/mol. The van der Waals surface area contributed by atoms with Crippen LogP contribution in [0.5, 0.6) is 0 Å². The highest BCUT2D eigenvalue weighted by Gasteiger charge is 2.09. The Bertz CT molecular complexity index is 473. The summed E-state index contributed by atoms with van der Waals surface area (Å²) in [6.07, 6.45) is 5.62. The van der Waals surface area contributed by atoms with Crippen LogP contribution in [-0.4, -0.2) is 11.9 Å². The van der Waals surface area contributed by atoms with Crippen molar-refractivity contribution in [2.24, 2.45) is 5.73 Å². The lowest BCUT2D eigenvalue weighted by molar-refractivity contribution is 0.667. The van der Waals surface area contributed by atoms with Crippen LogP contribution >= 0.6 is 11.6 Å². The van der Waals surface area contributed by atoms with Crippen molar-refractivity contribution in [3.8, 4) is 0 Å². The smallest absolute Gasteiger partial charge is 0.199 e. The lowest BCUT2D eigenvalue weighted by Gasteiger charge is -2.15. The van der Waals surface area contributed by atoms with E-state index in [9.17, 15) is 0 Å². The summed E-state index contributed by atoms with van der Waals surface area (Å²) in [5.74, 6) is -0.334. The van der Waals surface area contributed by atoms with Crippen LogP contribution in [-0.2, 0) is 6.42 Å². The molecule has 0 heterocycles. The Hall–Kier alpha value is -1.75. The molecule has 20 heavy (non-hydrogen) atoms. The molecular weight excluding hydrogens is 274 g/mol. The number of guanidine groups is 2. The number of para-hydroxylation sites is 1. The Balaban J connectivity index is 2.72. The number of halogens is 1. The van der Waals surface area contributed by atoms with E-state index < -0.39 is 0 Å². The number of nitrogens with one attached hydrogen (secondary N) is 4. The Morgan fingerprint density at radius 2 is 2.00 bits per heavy atom. The number of rotatable bonds is 6. The Labute approximate surface area is 124 Å². The van der Waals surface area contributed by atoms with Gasteiger partial charge in [-0.25, -0.2) is 0 Å². The van der Waals surface area contributed by atoms with Gasteiger partial charge < -0.3 is 11.1 Å². The van der Waals surface area contributed by atoms with Crippen LogP contribution < -0.4 is 16.4 Å². The zero-order valence-electron chi connectivity index (χ0n) is 11.7. The second kappa shape index (κ2) is 8.43. The van der Waals surface area contributed by atoms with Gasteiger partial charge in [-0.3, -0.25) is 16.1 Å². The third-order valence-corrected chi connectivity index (χ3v) is 3.22. The molecule has 0 spiro atoms. The Morgan fingerprint density at radius 3 is 2.65 bits per heavy atom. The Morgan fingerprint density at radius 1 is 1.25 bits per heavy atom. The quantitative estimate of drug-likeness (QED) is 0.316. The van der Waals surface area contributed by atoms with Gasteiger partial charge in [0.05, 0.1) is 10.7 Å². The van der Waals surface area contributed by atoms with Crippen molar-refractivity contribution in [2.45, 2.75) is 39.0 Å². The van der Waals surface area contributed by atoms with E-state index in [1.165, 1.54) is 19.3 Å². The van der Waals surface area contributed by atoms with Crippen LogP contribution in [0.2, 0.25) is 5.02 Å². The van der Waals surface area contributed by atoms with Crippen LogP contribution in [0, 0.1) is 10.8 Å². The largest absolute Gasteiger partial charge is 0.370 e. The second-order valence-corrected chi connectivity index (χ2v) is 5.03. The van der Waals surface area contributed by atoms with E-state index in [4.69, 9.17) is 28.2 Å². The van der Waals surface area contributed by atoms with Crippen LogP contribution in [0.1, 0.15) is 38.2 Å². The first kappa shape index (κ1) is 16.3. The first-order chi connectivity index (χ1) is 9.54. The van der Waals surface area contributed by atoms with Crippen molar-refractivity contribution < 1.29 is 0 Å². The molecule has 5 nitrogen and oxygen atoms in total. The summed E-state index contributed by atoms with van der Waals surface area (Å²) < 4.78 is 0. The molecule has 0 saturated carbocycles. The normalized spacial score (nSPS) is 10.1. The van der Waals surface area contributed by atoms with Gasteiger partial charge in [0.1, 0.15) is 0 Å². The average Bonchev–Trinajstić information content (AvgIpc) is 2.37. The van der Waals surface area contributed by atoms with Gasteiger partial charge in [0, 0.05) is 0 Å². The van der Waals surface area contributed by atoms with Crippen LogP contribution in [0.3, 0.4) is 0 Å². The van der Waals surface area contributed by atoms with Gasteiger partial charge in [0.15, 0.2) is 11.9 Å². The van der Waals surface area contributed by atoms with Crippen LogP contribution in [0.25, 0.3) is 0 Å². The van der Waals surface area contributed by atoms with Gasteiger partial charge in [-0.05, 0) is 24.5 Å². The maximum atomic E-state index is 7.69. The minimum atomic E-state index is -0.279. The van der Waals surface area contributed by atoms with Crippen molar-refractivity contribution >= 4 is 29.2 Å². The molecule has 6 N–H and O–H groups in total. The van der Waals surface area contributed by atoms with E-state index >= 15 is 0 Å². The summed E-state index contributed by atoms with van der Waals surface area (Å²) in [6, 6.07) is 5.69. The minimum Gasteiger partial charge on any atom is -0.370 e. The molecule has 0 unspecified atom stereocenters. The average molecular weight is 296 g/mol. The maximum absolute atomic E-state index is 7.69. The Kier molecular flexibility index (Phi) is 6.87. The molecule has 0 atom stereocenters. The highest BCUT2D eigenvalue weighted by Crippen LogP contribution is 2.27. The van der Waals surface area contributed by atoms with E-state index in [2.05, 4.69) is 17.6 Å². The van der Waals surface area contributed by atoms with Crippen molar-refractivity contribution in [3.63, 3.8) is 0 Å². The predicted octanol–water partition coefficient (Wildman–Crippen LogP) is 3.29. The summed E-state index contributed by atoms with van der Waals surface area (Å²) in [6.45, 7) is 2.18. The van der Waals surface area contributed by atoms with E-state index in [0.717, 1.165) is 18.4 Å². The second-order valence-electron chi connectivity index (χ2n) is 4.62. The number of anilines is 1. The zero-order valence-corrected chi connectivity index (χ0v) is 12.5. The number of nitrogens with two attached hydrogens (primary N) is 1. The maximum Gasteiger partial charge on any atom is 0.199 e. The summed E-state index contributed by atoms with van der Waals surface area (Å²) in [5, 5.41) is 20.6. The lowest BCUT2D eigenvalue weighted by Crippen LogP contribution is -2.39. The van der Waals surface area contributed by atoms with Gasteiger partial charge in [0.2, 0.25) is 0 Å². The number of hydrogen-bond acceptors (Lipinski definition) is 2. The third kappa shape index (κ3) is 5.48. The van der Waals surface area contributed by atoms with Crippen LogP contribution in [0.15, 0.2) is 18.2 Å². The molecular formula is C14H22ClN5. The molecule has 1 aromatic rings. The first-order valence-electron chi connectivity index (χ1n) is 6.78. The van der Waals surface area contributed by atoms with Crippen molar-refractivity contribution in [2.75, 3.05) is 5.32 Å². The third-order valence-electron chi connectivity index (χ3n) is 2.91. The fourth-order valence-electron chi connectivity index (χ4n) is 1.95. The molecule has 0 aliphatic heterocycles. The molecule has 6 heteroatoms. The van der Waals surface area contributed by atoms with E-state index in [1.54, 1.807) is 6.07 Å². The van der Waals surface area contributed by atoms with Crippen LogP contribution in [0.4, 0.5) is 5.69 Å². The molecule has 0 saturated heterocycles. The van der Waals surface area contributed by atoms with E-state index in [1.807, 2.05) is 12.1 Å². The summed E-state index contributed by atoms with van der Waals surface area (Å²) in [5.41, 5.74) is 6.98. The highest BCUT2D eigenvalue weighted by atomic mass is 35.5. The number of aryl methyl sites for hydroxylation is 1. The summed E-state index contributed by atoms with van der Waals surface area (Å²) >= 11 is 6.18. The molecule has 0 aromatic heterocycles. The molecule has 0 amide bonds. The van der Waals surface area contributed by atoms with Crippen molar-refractivity contribution in [1.82, 2.24) is 5.32 Å². The summed E-state index contributed by atoms with van der Waals surface area (Å²) in [7, 11) is 0. The van der Waals surface area contributed by atoms with Gasteiger partial charge in [-0.2, -0.15) is 0 Å². The fourth-order valence-corrected chi connectivity index (χ4v) is 2.19. The van der Waals surface area contributed by atoms with Gasteiger partial charge in [-0.15, -0.1) is 0 Å². The van der Waals surface area contributed by atoms with Gasteiger partial charge in [-0.1, -0.05) is 49.9 Å². The summed E-state index contributed by atoms with van der Waals surface area (Å²) in [4.78, 5) is 0. The molecule has 0 aliphatic rings. The lowest BCUT2D eigenvalue weighted by atomic mass is 10.0. The molecule has 0 bridgehead atoms. The number of hydrogen-bond donors (Lipinski definition) is 5. The SMILES string of the molecule is CCCCCCc1cccc(Cl)c1NC(=N)NC(=N)N. The molecule has 0 radical (unpaired) electrons. The van der Waals surface area contributed by atoms with E-state index in [-0.39, 0.29) is 11.9 Å². The molecule has 0 aliphatic carbocycles. The van der Waals surface area contributed by atoms with Crippen molar-refractivity contribution in [1.29, 1.82) is 10.8 Å². The highest BCUT2D eigenvalue weighted by molar-refractivity contribution is 6.34. The standard InChI is InChI=1S/C14H22ClN5/c1-2-3-4-5-7-10-8-6-9-11(15)12(10)19-14(18)20-13(16)17/h6,8-9H,2-5,7H2,1H3,(H6,16,17,18,19,20).